The summed E-state index contributed by atoms with van der Waals surface area (Å²) in [6.07, 6.45) is 7.24. The molecule has 3 heteroatoms. The van der Waals surface area contributed by atoms with Crippen LogP contribution in [-0.4, -0.2) is 5.78 Å². The average Bonchev–Trinajstić information content (AvgIpc) is 3.01. The lowest BCUT2D eigenvalue weighted by Gasteiger charge is -2.07. The first-order valence-electron chi connectivity index (χ1n) is 8.49. The molecule has 0 amide bonds. The number of ketones is 1. The molecule has 3 aromatic rings. The van der Waals surface area contributed by atoms with Gasteiger partial charge in [-0.3, -0.25) is 4.79 Å². The summed E-state index contributed by atoms with van der Waals surface area (Å²) in [7, 11) is 0. The molecule has 0 saturated heterocycles. The fraction of sp³-hybridized carbons (Fsp3) is 0.0870. The summed E-state index contributed by atoms with van der Waals surface area (Å²) in [5.74, 6) is 0.734. The molecule has 0 spiro atoms. The Hall–Kier alpha value is -3.33. The summed E-state index contributed by atoms with van der Waals surface area (Å²) in [6.45, 7) is 7.70. The number of rotatable bonds is 6. The molecule has 0 atom stereocenters. The van der Waals surface area contributed by atoms with Crippen LogP contribution in [0.15, 0.2) is 77.4 Å². The summed E-state index contributed by atoms with van der Waals surface area (Å²) >= 11 is 0. The van der Waals surface area contributed by atoms with E-state index in [0.29, 0.717) is 5.56 Å². The van der Waals surface area contributed by atoms with Crippen molar-refractivity contribution in [2.45, 2.75) is 13.8 Å². The number of hydrogen-bond donors (Lipinski definition) is 1. The lowest BCUT2D eigenvalue weighted by atomic mass is 10.1. The Kier molecular flexibility index (Phi) is 5.18. The fourth-order valence-electron chi connectivity index (χ4n) is 2.87. The van der Waals surface area contributed by atoms with Crippen LogP contribution < -0.4 is 5.32 Å². The van der Waals surface area contributed by atoms with E-state index < -0.39 is 0 Å². The van der Waals surface area contributed by atoms with Crippen LogP contribution in [0.25, 0.3) is 23.1 Å². The second-order valence-corrected chi connectivity index (χ2v) is 5.95. The van der Waals surface area contributed by atoms with Gasteiger partial charge in [-0.2, -0.15) is 0 Å². The number of hydrogen-bond acceptors (Lipinski definition) is 3. The minimum absolute atomic E-state index is 0.0383. The van der Waals surface area contributed by atoms with Crippen molar-refractivity contribution in [1.82, 2.24) is 0 Å². The first-order chi connectivity index (χ1) is 12.6. The van der Waals surface area contributed by atoms with Gasteiger partial charge in [-0.1, -0.05) is 61.2 Å². The zero-order valence-corrected chi connectivity index (χ0v) is 15.0. The van der Waals surface area contributed by atoms with E-state index in [2.05, 4.69) is 11.9 Å². The topological polar surface area (TPSA) is 42.2 Å². The number of anilines is 1. The average molecular weight is 343 g/mol. The number of furan rings is 1. The van der Waals surface area contributed by atoms with Crippen molar-refractivity contribution >= 4 is 34.6 Å². The monoisotopic (exact) mass is 343 g/mol. The second kappa shape index (κ2) is 7.70. The molecule has 0 bridgehead atoms. The summed E-state index contributed by atoms with van der Waals surface area (Å²) in [6, 6.07) is 15.1. The van der Waals surface area contributed by atoms with E-state index in [9.17, 15) is 4.79 Å². The van der Waals surface area contributed by atoms with Crippen molar-refractivity contribution in [1.29, 1.82) is 0 Å². The number of allylic oxidation sites excluding steroid dienone is 3. The van der Waals surface area contributed by atoms with Crippen LogP contribution in [0.3, 0.4) is 0 Å². The van der Waals surface area contributed by atoms with Crippen molar-refractivity contribution in [2.75, 3.05) is 5.32 Å². The largest absolute Gasteiger partial charge is 0.454 e. The summed E-state index contributed by atoms with van der Waals surface area (Å²) < 4.78 is 6.02. The molecule has 0 fully saturated rings. The number of fused-ring (bicyclic) bond motifs is 1. The number of carbonyl (C=O) groups is 1. The minimum atomic E-state index is -0.0383. The molecular weight excluding hydrogens is 322 g/mol. The van der Waals surface area contributed by atoms with E-state index in [1.807, 2.05) is 62.4 Å². The summed E-state index contributed by atoms with van der Waals surface area (Å²) in [5, 5.41) is 4.27. The molecule has 1 heterocycles. The normalized spacial score (nSPS) is 11.8. The molecule has 1 N–H and O–H groups in total. The van der Waals surface area contributed by atoms with Crippen LogP contribution in [0.5, 0.6) is 0 Å². The quantitative estimate of drug-likeness (QED) is 0.421. The van der Waals surface area contributed by atoms with E-state index >= 15 is 0 Å². The number of carbonyl (C=O) groups excluding carboxylic acids is 1. The van der Waals surface area contributed by atoms with Crippen molar-refractivity contribution in [2.24, 2.45) is 0 Å². The predicted octanol–water partition coefficient (Wildman–Crippen LogP) is 6.31. The number of para-hydroxylation sites is 1. The summed E-state index contributed by atoms with van der Waals surface area (Å²) in [5.41, 5.74) is 3.93. The van der Waals surface area contributed by atoms with Crippen LogP contribution in [-0.2, 0) is 0 Å². The first kappa shape index (κ1) is 17.5. The molecule has 2 aromatic carbocycles. The fourth-order valence-corrected chi connectivity index (χ4v) is 2.87. The Labute approximate surface area is 153 Å². The van der Waals surface area contributed by atoms with Gasteiger partial charge in [0.15, 0.2) is 11.4 Å². The van der Waals surface area contributed by atoms with Crippen molar-refractivity contribution in [3.8, 4) is 0 Å². The Morgan fingerprint density at radius 3 is 2.58 bits per heavy atom. The maximum atomic E-state index is 12.3. The Morgan fingerprint density at radius 1 is 1.12 bits per heavy atom. The molecule has 0 saturated carbocycles. The van der Waals surface area contributed by atoms with E-state index in [1.54, 1.807) is 24.3 Å². The predicted molar refractivity (Wildman–Crippen MR) is 109 cm³/mol. The van der Waals surface area contributed by atoms with Crippen LogP contribution in [0.4, 0.5) is 5.69 Å². The van der Waals surface area contributed by atoms with Gasteiger partial charge in [-0.25, -0.2) is 0 Å². The van der Waals surface area contributed by atoms with Gasteiger partial charge in [0.05, 0.1) is 5.69 Å². The highest BCUT2D eigenvalue weighted by molar-refractivity contribution is 6.05. The second-order valence-electron chi connectivity index (χ2n) is 5.95. The summed E-state index contributed by atoms with van der Waals surface area (Å²) in [4.78, 5) is 12.3. The maximum absolute atomic E-state index is 12.3. The lowest BCUT2D eigenvalue weighted by molar-refractivity contribution is 0.104. The van der Waals surface area contributed by atoms with Gasteiger partial charge in [0, 0.05) is 28.3 Å². The van der Waals surface area contributed by atoms with Crippen LogP contribution in [0.1, 0.15) is 35.5 Å². The molecule has 0 aliphatic heterocycles. The van der Waals surface area contributed by atoms with Gasteiger partial charge in [-0.15, -0.1) is 0 Å². The smallest absolute Gasteiger partial charge is 0.187 e. The van der Waals surface area contributed by atoms with Crippen molar-refractivity contribution in [3.63, 3.8) is 0 Å². The van der Waals surface area contributed by atoms with Crippen LogP contribution in [0, 0.1) is 0 Å². The molecule has 0 aliphatic rings. The molecule has 0 unspecified atom stereocenters. The molecular formula is C23H21NO2. The van der Waals surface area contributed by atoms with Gasteiger partial charge < -0.3 is 9.73 Å². The Balaban J connectivity index is 1.94. The van der Waals surface area contributed by atoms with Gasteiger partial charge in [0.2, 0.25) is 0 Å². The van der Waals surface area contributed by atoms with E-state index in [1.165, 1.54) is 0 Å². The SMILES string of the molecule is C=Cc1c(/C=C\C)oc2c(N/C(C)=C\C(=O)c3ccccc3)cccc12. The molecule has 1 aromatic heterocycles. The highest BCUT2D eigenvalue weighted by Gasteiger charge is 2.13. The number of benzene rings is 2. The van der Waals surface area contributed by atoms with Crippen molar-refractivity contribution in [3.05, 3.63) is 89.8 Å². The van der Waals surface area contributed by atoms with Gasteiger partial charge in [0.25, 0.3) is 0 Å². The first-order valence-corrected chi connectivity index (χ1v) is 8.49. The zero-order valence-electron chi connectivity index (χ0n) is 15.0. The molecule has 3 rings (SSSR count). The van der Waals surface area contributed by atoms with E-state index in [0.717, 1.165) is 33.7 Å². The lowest BCUT2D eigenvalue weighted by Crippen LogP contribution is -2.01. The van der Waals surface area contributed by atoms with Crippen molar-refractivity contribution < 1.29 is 9.21 Å². The molecule has 26 heavy (non-hydrogen) atoms. The van der Waals surface area contributed by atoms with Gasteiger partial charge in [-0.05, 0) is 26.0 Å². The van der Waals surface area contributed by atoms with E-state index in [-0.39, 0.29) is 5.78 Å². The minimum Gasteiger partial charge on any atom is -0.454 e. The maximum Gasteiger partial charge on any atom is 0.187 e. The highest BCUT2D eigenvalue weighted by Crippen LogP contribution is 2.33. The Bertz CT molecular complexity index is 1010. The molecule has 0 aliphatic carbocycles. The third-order valence-electron chi connectivity index (χ3n) is 4.04. The van der Waals surface area contributed by atoms with Crippen LogP contribution >= 0.6 is 0 Å². The van der Waals surface area contributed by atoms with Gasteiger partial charge in [0.1, 0.15) is 5.76 Å². The van der Waals surface area contributed by atoms with Crippen LogP contribution in [0.2, 0.25) is 0 Å². The van der Waals surface area contributed by atoms with E-state index in [4.69, 9.17) is 4.42 Å². The standard InChI is InChI=1S/C23H21NO2/c1-4-10-22-18(5-2)19-13-9-14-20(23(19)26-22)24-16(3)15-21(25)17-11-7-6-8-12-17/h4-15,24H,2H2,1,3H3/b10-4-,16-15-. The molecule has 0 radical (unpaired) electrons. The molecule has 130 valence electrons. The third kappa shape index (κ3) is 3.52. The highest BCUT2D eigenvalue weighted by atomic mass is 16.3. The molecule has 3 nitrogen and oxygen atoms in total. The third-order valence-corrected chi connectivity index (χ3v) is 4.04. The Morgan fingerprint density at radius 2 is 1.88 bits per heavy atom. The van der Waals surface area contributed by atoms with Gasteiger partial charge >= 0.3 is 0 Å². The zero-order chi connectivity index (χ0) is 18.5. The number of nitrogens with one attached hydrogen (secondary N) is 1.